The molecule has 2 nitrogen and oxygen atoms in total. The van der Waals surface area contributed by atoms with Gasteiger partial charge >= 0.3 is 5.97 Å². The van der Waals surface area contributed by atoms with Crippen LogP contribution in [-0.4, -0.2) is 12.6 Å². The van der Waals surface area contributed by atoms with Gasteiger partial charge in [0.25, 0.3) is 0 Å². The third-order valence-corrected chi connectivity index (χ3v) is 3.55. The molecule has 2 fully saturated rings. The Hall–Kier alpha value is -0.790. The van der Waals surface area contributed by atoms with E-state index in [0.29, 0.717) is 18.1 Å². The van der Waals surface area contributed by atoms with Crippen molar-refractivity contribution in [2.45, 2.75) is 32.6 Å². The number of rotatable bonds is 0. The maximum absolute atomic E-state index is 11.3. The standard InChI is InChI=1S/C11H16O2/c1-8-9-5-3-4-6-11(9,2)7-13-10(8)12/h9H,1,3-7H2,2H3/t9-,11-/m1/s1. The van der Waals surface area contributed by atoms with Gasteiger partial charge in [-0.15, -0.1) is 0 Å². The molecular formula is C11H16O2. The molecule has 2 heteroatoms. The van der Waals surface area contributed by atoms with Crippen LogP contribution >= 0.6 is 0 Å². The highest BCUT2D eigenvalue weighted by Gasteiger charge is 2.44. The second-order valence-electron chi connectivity index (χ2n) is 4.55. The van der Waals surface area contributed by atoms with Crippen LogP contribution in [0.1, 0.15) is 32.6 Å². The molecule has 2 aliphatic rings. The molecule has 1 aliphatic heterocycles. The van der Waals surface area contributed by atoms with E-state index in [9.17, 15) is 4.79 Å². The van der Waals surface area contributed by atoms with E-state index in [0.717, 1.165) is 6.42 Å². The molecule has 13 heavy (non-hydrogen) atoms. The lowest BCUT2D eigenvalue weighted by Crippen LogP contribution is -2.43. The number of ether oxygens (including phenoxy) is 1. The van der Waals surface area contributed by atoms with Gasteiger partial charge in [-0.2, -0.15) is 0 Å². The summed E-state index contributed by atoms with van der Waals surface area (Å²) in [4.78, 5) is 11.3. The van der Waals surface area contributed by atoms with Crippen LogP contribution in [0.15, 0.2) is 12.2 Å². The molecule has 0 aromatic carbocycles. The van der Waals surface area contributed by atoms with Crippen molar-refractivity contribution in [2.75, 3.05) is 6.61 Å². The van der Waals surface area contributed by atoms with Gasteiger partial charge in [-0.3, -0.25) is 0 Å². The summed E-state index contributed by atoms with van der Waals surface area (Å²) in [5.41, 5.74) is 0.886. The minimum Gasteiger partial charge on any atom is -0.462 e. The van der Waals surface area contributed by atoms with E-state index >= 15 is 0 Å². The molecular weight excluding hydrogens is 164 g/mol. The van der Waals surface area contributed by atoms with E-state index in [1.807, 2.05) is 0 Å². The first-order valence-electron chi connectivity index (χ1n) is 4.99. The SMILES string of the molecule is C=C1C(=O)OC[C@@]2(C)CCCC[C@H]12. The average molecular weight is 180 g/mol. The van der Waals surface area contributed by atoms with Crippen molar-refractivity contribution in [1.82, 2.24) is 0 Å². The average Bonchev–Trinajstić information content (AvgIpc) is 2.12. The fourth-order valence-electron chi connectivity index (χ4n) is 2.63. The zero-order valence-corrected chi connectivity index (χ0v) is 8.14. The van der Waals surface area contributed by atoms with Crippen LogP contribution in [-0.2, 0) is 9.53 Å². The van der Waals surface area contributed by atoms with E-state index < -0.39 is 0 Å². The van der Waals surface area contributed by atoms with Crippen LogP contribution < -0.4 is 0 Å². The van der Waals surface area contributed by atoms with Gasteiger partial charge in [0.2, 0.25) is 0 Å². The van der Waals surface area contributed by atoms with Gasteiger partial charge in [0.05, 0.1) is 6.61 Å². The topological polar surface area (TPSA) is 26.3 Å². The Morgan fingerprint density at radius 3 is 3.08 bits per heavy atom. The van der Waals surface area contributed by atoms with Crippen LogP contribution in [0.5, 0.6) is 0 Å². The Kier molecular flexibility index (Phi) is 1.94. The lowest BCUT2D eigenvalue weighted by atomic mass is 9.64. The Morgan fingerprint density at radius 1 is 1.54 bits per heavy atom. The molecule has 0 N–H and O–H groups in total. The van der Waals surface area contributed by atoms with Gasteiger partial charge < -0.3 is 4.74 Å². The fraction of sp³-hybridized carbons (Fsp3) is 0.727. The van der Waals surface area contributed by atoms with E-state index in [-0.39, 0.29) is 11.4 Å². The zero-order valence-electron chi connectivity index (χ0n) is 8.14. The number of carbonyl (C=O) groups is 1. The summed E-state index contributed by atoms with van der Waals surface area (Å²) in [7, 11) is 0. The van der Waals surface area contributed by atoms with Crippen molar-refractivity contribution in [3.8, 4) is 0 Å². The molecule has 0 aromatic heterocycles. The number of fused-ring (bicyclic) bond motifs is 1. The first-order chi connectivity index (χ1) is 6.13. The smallest absolute Gasteiger partial charge is 0.333 e. The van der Waals surface area contributed by atoms with Crippen molar-refractivity contribution < 1.29 is 9.53 Å². The molecule has 2 rings (SSSR count). The molecule has 1 saturated heterocycles. The predicted octanol–water partition coefficient (Wildman–Crippen LogP) is 2.30. The lowest BCUT2D eigenvalue weighted by molar-refractivity contribution is -0.152. The molecule has 72 valence electrons. The number of cyclic esters (lactones) is 1. The first-order valence-corrected chi connectivity index (χ1v) is 4.99. The largest absolute Gasteiger partial charge is 0.462 e. The quantitative estimate of drug-likeness (QED) is 0.422. The number of esters is 1. The molecule has 0 radical (unpaired) electrons. The van der Waals surface area contributed by atoms with Gasteiger partial charge in [0.1, 0.15) is 0 Å². The molecule has 0 aromatic rings. The maximum atomic E-state index is 11.3. The summed E-state index contributed by atoms with van der Waals surface area (Å²) in [5.74, 6) is 0.201. The summed E-state index contributed by atoms with van der Waals surface area (Å²) in [6.07, 6.45) is 4.78. The molecule has 0 unspecified atom stereocenters. The van der Waals surface area contributed by atoms with Crippen molar-refractivity contribution in [3.63, 3.8) is 0 Å². The third-order valence-electron chi connectivity index (χ3n) is 3.55. The van der Waals surface area contributed by atoms with Crippen molar-refractivity contribution in [1.29, 1.82) is 0 Å². The van der Waals surface area contributed by atoms with Gasteiger partial charge in [-0.25, -0.2) is 4.79 Å². The first kappa shape index (κ1) is 8.79. The summed E-state index contributed by atoms with van der Waals surface area (Å²) >= 11 is 0. The summed E-state index contributed by atoms with van der Waals surface area (Å²) in [6.45, 7) is 6.66. The second kappa shape index (κ2) is 2.86. The Balaban J connectivity index is 2.24. The van der Waals surface area contributed by atoms with Crippen LogP contribution in [0.2, 0.25) is 0 Å². The highest BCUT2D eigenvalue weighted by molar-refractivity contribution is 5.89. The number of carbonyl (C=O) groups excluding carboxylic acids is 1. The molecule has 0 bridgehead atoms. The molecule has 1 aliphatic carbocycles. The van der Waals surface area contributed by atoms with E-state index in [2.05, 4.69) is 13.5 Å². The van der Waals surface area contributed by atoms with E-state index in [4.69, 9.17) is 4.74 Å². The predicted molar refractivity (Wildman–Crippen MR) is 50.2 cm³/mol. The monoisotopic (exact) mass is 180 g/mol. The second-order valence-corrected chi connectivity index (χ2v) is 4.55. The van der Waals surface area contributed by atoms with Crippen LogP contribution in [0, 0.1) is 11.3 Å². The minimum atomic E-state index is -0.177. The highest BCUT2D eigenvalue weighted by Crippen LogP contribution is 2.47. The van der Waals surface area contributed by atoms with Crippen LogP contribution in [0.25, 0.3) is 0 Å². The number of hydrogen-bond donors (Lipinski definition) is 0. The normalized spacial score (nSPS) is 39.6. The molecule has 0 spiro atoms. The van der Waals surface area contributed by atoms with Crippen LogP contribution in [0.3, 0.4) is 0 Å². The molecule has 1 saturated carbocycles. The van der Waals surface area contributed by atoms with E-state index in [1.165, 1.54) is 19.3 Å². The zero-order chi connectivity index (χ0) is 9.47. The Morgan fingerprint density at radius 2 is 2.31 bits per heavy atom. The maximum Gasteiger partial charge on any atom is 0.333 e. The summed E-state index contributed by atoms with van der Waals surface area (Å²) < 4.78 is 5.12. The van der Waals surface area contributed by atoms with Crippen molar-refractivity contribution >= 4 is 5.97 Å². The van der Waals surface area contributed by atoms with Gasteiger partial charge in [-0.05, 0) is 18.8 Å². The third kappa shape index (κ3) is 1.28. The van der Waals surface area contributed by atoms with E-state index in [1.54, 1.807) is 0 Å². The fourth-order valence-corrected chi connectivity index (χ4v) is 2.63. The Labute approximate surface area is 79.0 Å². The van der Waals surface area contributed by atoms with Gasteiger partial charge in [0.15, 0.2) is 0 Å². The van der Waals surface area contributed by atoms with Crippen LogP contribution in [0.4, 0.5) is 0 Å². The minimum absolute atomic E-state index is 0.177. The highest BCUT2D eigenvalue weighted by atomic mass is 16.5. The van der Waals surface area contributed by atoms with Crippen molar-refractivity contribution in [2.24, 2.45) is 11.3 Å². The summed E-state index contributed by atoms with van der Waals surface area (Å²) in [6, 6.07) is 0. The molecule has 1 heterocycles. The number of hydrogen-bond acceptors (Lipinski definition) is 2. The Bertz CT molecular complexity index is 257. The van der Waals surface area contributed by atoms with Gasteiger partial charge in [0, 0.05) is 11.0 Å². The summed E-state index contributed by atoms with van der Waals surface area (Å²) in [5, 5.41) is 0. The molecule has 0 amide bonds. The molecule has 2 atom stereocenters. The lowest BCUT2D eigenvalue weighted by Gasteiger charge is -2.44. The van der Waals surface area contributed by atoms with Gasteiger partial charge in [-0.1, -0.05) is 26.3 Å². The van der Waals surface area contributed by atoms with Crippen molar-refractivity contribution in [3.05, 3.63) is 12.2 Å².